The number of nitrogens with one attached hydrogen (secondary N) is 1. The van der Waals surface area contributed by atoms with Gasteiger partial charge in [-0.3, -0.25) is 4.72 Å². The van der Waals surface area contributed by atoms with E-state index in [1.165, 1.54) is 24.3 Å². The first-order valence-electron chi connectivity index (χ1n) is 5.16. The number of nitrogens with zero attached hydrogens (tertiary/aromatic N) is 2. The average Bonchev–Trinajstić information content (AvgIpc) is 2.32. The van der Waals surface area contributed by atoms with E-state index in [0.717, 1.165) is 0 Å². The van der Waals surface area contributed by atoms with Gasteiger partial charge >= 0.3 is 0 Å². The maximum Gasteiger partial charge on any atom is 0.263 e. The Morgan fingerprint density at radius 2 is 1.72 bits per heavy atom. The van der Waals surface area contributed by atoms with Gasteiger partial charge in [0.15, 0.2) is 5.82 Å². The van der Waals surface area contributed by atoms with E-state index >= 15 is 0 Å². The van der Waals surface area contributed by atoms with Crippen LogP contribution in [0.1, 0.15) is 5.69 Å². The van der Waals surface area contributed by atoms with Crippen LogP contribution < -0.4 is 10.5 Å². The van der Waals surface area contributed by atoms with Crippen LogP contribution in [-0.4, -0.2) is 18.6 Å². The predicted molar refractivity (Wildman–Crippen MR) is 68.4 cm³/mol. The molecule has 1 heterocycles. The number of nitrogen functional groups attached to an aromatic ring is 1. The Hall–Kier alpha value is -2.15. The highest BCUT2D eigenvalue weighted by atomic mass is 32.2. The van der Waals surface area contributed by atoms with Crippen LogP contribution in [0.2, 0.25) is 0 Å². The molecule has 2 rings (SSSR count). The molecule has 0 aliphatic rings. The van der Waals surface area contributed by atoms with Crippen molar-refractivity contribution >= 4 is 21.5 Å². The van der Waals surface area contributed by atoms with Crippen molar-refractivity contribution in [3.63, 3.8) is 0 Å². The third-order valence-electron chi connectivity index (χ3n) is 2.23. The summed E-state index contributed by atoms with van der Waals surface area (Å²) >= 11 is 0. The average molecular weight is 264 g/mol. The fourth-order valence-electron chi connectivity index (χ4n) is 1.30. The van der Waals surface area contributed by atoms with Crippen molar-refractivity contribution in [3.8, 4) is 0 Å². The largest absolute Gasteiger partial charge is 0.399 e. The van der Waals surface area contributed by atoms with E-state index in [0.29, 0.717) is 11.4 Å². The number of anilines is 2. The summed E-state index contributed by atoms with van der Waals surface area (Å²) in [6.07, 6.45) is 0. The Bertz CT molecular complexity index is 636. The van der Waals surface area contributed by atoms with Gasteiger partial charge in [0, 0.05) is 5.69 Å². The second kappa shape index (κ2) is 4.61. The monoisotopic (exact) mass is 264 g/mol. The van der Waals surface area contributed by atoms with E-state index in [1.807, 2.05) is 0 Å². The van der Waals surface area contributed by atoms with Crippen molar-refractivity contribution in [2.45, 2.75) is 11.8 Å². The quantitative estimate of drug-likeness (QED) is 0.811. The van der Waals surface area contributed by atoms with Crippen molar-refractivity contribution in [1.29, 1.82) is 0 Å². The summed E-state index contributed by atoms with van der Waals surface area (Å²) in [6.45, 7) is 1.77. The lowest BCUT2D eigenvalue weighted by atomic mass is 10.3. The molecule has 0 atom stereocenters. The minimum atomic E-state index is -3.65. The highest BCUT2D eigenvalue weighted by molar-refractivity contribution is 7.92. The second-order valence-electron chi connectivity index (χ2n) is 3.73. The summed E-state index contributed by atoms with van der Waals surface area (Å²) in [5.41, 5.74) is 6.72. The number of hydrogen-bond donors (Lipinski definition) is 2. The molecule has 0 spiro atoms. The number of aromatic nitrogens is 2. The Labute approximate surface area is 105 Å². The van der Waals surface area contributed by atoms with Crippen molar-refractivity contribution in [2.75, 3.05) is 10.5 Å². The maximum atomic E-state index is 12.0. The molecule has 0 radical (unpaired) electrons. The summed E-state index contributed by atoms with van der Waals surface area (Å²) in [4.78, 5) is 0.124. The van der Waals surface area contributed by atoms with Gasteiger partial charge in [-0.1, -0.05) is 0 Å². The van der Waals surface area contributed by atoms with E-state index in [2.05, 4.69) is 14.9 Å². The van der Waals surface area contributed by atoms with Gasteiger partial charge in [-0.2, -0.15) is 5.10 Å². The van der Waals surface area contributed by atoms with Gasteiger partial charge in [0.1, 0.15) is 0 Å². The minimum absolute atomic E-state index is 0.124. The first-order chi connectivity index (χ1) is 8.47. The molecular weight excluding hydrogens is 252 g/mol. The van der Waals surface area contributed by atoms with E-state index in [4.69, 9.17) is 5.73 Å². The highest BCUT2D eigenvalue weighted by Crippen LogP contribution is 2.15. The van der Waals surface area contributed by atoms with Crippen LogP contribution in [0.15, 0.2) is 41.3 Å². The zero-order valence-corrected chi connectivity index (χ0v) is 10.5. The molecule has 7 heteroatoms. The molecule has 6 nitrogen and oxygen atoms in total. The second-order valence-corrected chi connectivity index (χ2v) is 5.42. The molecular formula is C11H12N4O2S. The molecule has 94 valence electrons. The topological polar surface area (TPSA) is 98.0 Å². The van der Waals surface area contributed by atoms with Crippen molar-refractivity contribution in [1.82, 2.24) is 10.2 Å². The van der Waals surface area contributed by atoms with E-state index in [-0.39, 0.29) is 10.7 Å². The zero-order chi connectivity index (χ0) is 13.2. The summed E-state index contributed by atoms with van der Waals surface area (Å²) in [5, 5.41) is 7.52. The maximum absolute atomic E-state index is 12.0. The van der Waals surface area contributed by atoms with Crippen molar-refractivity contribution in [3.05, 3.63) is 42.1 Å². The molecule has 18 heavy (non-hydrogen) atoms. The van der Waals surface area contributed by atoms with Gasteiger partial charge in [-0.05, 0) is 43.3 Å². The van der Waals surface area contributed by atoms with Crippen LogP contribution in [0, 0.1) is 6.92 Å². The van der Waals surface area contributed by atoms with E-state index in [1.54, 1.807) is 19.1 Å². The standard InChI is InChI=1S/C11H12N4O2S/c1-8-2-7-11(14-13-8)15-18(16,17)10-5-3-9(12)4-6-10/h2-7H,12H2,1H3,(H,14,15). The predicted octanol–water partition coefficient (Wildman–Crippen LogP) is 1.17. The highest BCUT2D eigenvalue weighted by Gasteiger charge is 2.14. The third kappa shape index (κ3) is 2.75. The minimum Gasteiger partial charge on any atom is -0.399 e. The first kappa shape index (κ1) is 12.3. The van der Waals surface area contributed by atoms with E-state index in [9.17, 15) is 8.42 Å². The summed E-state index contributed by atoms with van der Waals surface area (Å²) in [5.74, 6) is 0.178. The van der Waals surface area contributed by atoms with Crippen LogP contribution in [0.4, 0.5) is 11.5 Å². The van der Waals surface area contributed by atoms with Gasteiger partial charge in [0.2, 0.25) is 0 Å². The number of sulfonamides is 1. The Morgan fingerprint density at radius 3 is 2.28 bits per heavy atom. The van der Waals surface area contributed by atoms with Crippen LogP contribution in [0.3, 0.4) is 0 Å². The lowest BCUT2D eigenvalue weighted by Gasteiger charge is -2.06. The Morgan fingerprint density at radius 1 is 1.06 bits per heavy atom. The SMILES string of the molecule is Cc1ccc(NS(=O)(=O)c2ccc(N)cc2)nn1. The Balaban J connectivity index is 2.27. The summed E-state index contributed by atoms with van der Waals surface area (Å²) in [6, 6.07) is 9.13. The number of hydrogen-bond acceptors (Lipinski definition) is 5. The smallest absolute Gasteiger partial charge is 0.263 e. The Kier molecular flexibility index (Phi) is 3.15. The normalized spacial score (nSPS) is 11.2. The summed E-state index contributed by atoms with van der Waals surface area (Å²) < 4.78 is 26.3. The van der Waals surface area contributed by atoms with Crippen LogP contribution >= 0.6 is 0 Å². The van der Waals surface area contributed by atoms with Crippen molar-refractivity contribution < 1.29 is 8.42 Å². The fraction of sp³-hybridized carbons (Fsp3) is 0.0909. The number of rotatable bonds is 3. The zero-order valence-electron chi connectivity index (χ0n) is 9.66. The third-order valence-corrected chi connectivity index (χ3v) is 3.60. The van der Waals surface area contributed by atoms with E-state index < -0.39 is 10.0 Å². The van der Waals surface area contributed by atoms with Gasteiger partial charge < -0.3 is 5.73 Å². The molecule has 0 saturated carbocycles. The first-order valence-corrected chi connectivity index (χ1v) is 6.64. The molecule has 3 N–H and O–H groups in total. The van der Waals surface area contributed by atoms with Gasteiger partial charge in [0.25, 0.3) is 10.0 Å². The molecule has 0 amide bonds. The molecule has 0 aliphatic carbocycles. The molecule has 1 aromatic carbocycles. The van der Waals surface area contributed by atoms with Crippen LogP contribution in [0.25, 0.3) is 0 Å². The fourth-order valence-corrected chi connectivity index (χ4v) is 2.29. The molecule has 0 aliphatic heterocycles. The lowest BCUT2D eigenvalue weighted by Crippen LogP contribution is -2.14. The molecule has 0 saturated heterocycles. The van der Waals surface area contributed by atoms with Gasteiger partial charge in [0.05, 0.1) is 10.6 Å². The molecule has 0 fully saturated rings. The van der Waals surface area contributed by atoms with Crippen LogP contribution in [-0.2, 0) is 10.0 Å². The molecule has 2 aromatic rings. The van der Waals surface area contributed by atoms with Gasteiger partial charge in [-0.25, -0.2) is 8.42 Å². The number of aryl methyl sites for hydroxylation is 1. The molecule has 0 unspecified atom stereocenters. The summed E-state index contributed by atoms with van der Waals surface area (Å²) in [7, 11) is -3.65. The number of nitrogens with two attached hydrogens (primary N) is 1. The molecule has 0 bridgehead atoms. The van der Waals surface area contributed by atoms with Gasteiger partial charge in [-0.15, -0.1) is 5.10 Å². The van der Waals surface area contributed by atoms with Crippen LogP contribution in [0.5, 0.6) is 0 Å². The number of benzene rings is 1. The van der Waals surface area contributed by atoms with Crippen molar-refractivity contribution in [2.24, 2.45) is 0 Å². The molecule has 1 aromatic heterocycles. The lowest BCUT2D eigenvalue weighted by molar-refractivity contribution is 0.601.